The SMILES string of the molecule is Cc1nc(CSc2ccccc2F)cs1. The molecular formula is C11H10FNS2. The Bertz CT molecular complexity index is 453. The van der Waals surface area contributed by atoms with Crippen LogP contribution >= 0.6 is 23.1 Å². The highest BCUT2D eigenvalue weighted by Gasteiger charge is 2.03. The molecule has 0 amide bonds. The van der Waals surface area contributed by atoms with Gasteiger partial charge in [0.15, 0.2) is 0 Å². The fraction of sp³-hybridized carbons (Fsp3) is 0.182. The van der Waals surface area contributed by atoms with Crippen molar-refractivity contribution in [2.75, 3.05) is 0 Å². The second-order valence-electron chi connectivity index (χ2n) is 3.08. The Morgan fingerprint density at radius 3 is 2.87 bits per heavy atom. The molecule has 1 heterocycles. The van der Waals surface area contributed by atoms with Gasteiger partial charge in [-0.3, -0.25) is 0 Å². The van der Waals surface area contributed by atoms with Crippen molar-refractivity contribution >= 4 is 23.1 Å². The lowest BCUT2D eigenvalue weighted by atomic mass is 10.3. The maximum Gasteiger partial charge on any atom is 0.136 e. The van der Waals surface area contributed by atoms with Gasteiger partial charge in [0.25, 0.3) is 0 Å². The molecule has 4 heteroatoms. The summed E-state index contributed by atoms with van der Waals surface area (Å²) in [5, 5.41) is 3.07. The summed E-state index contributed by atoms with van der Waals surface area (Å²) in [7, 11) is 0. The van der Waals surface area contributed by atoms with Crippen LogP contribution < -0.4 is 0 Å². The van der Waals surface area contributed by atoms with Crippen molar-refractivity contribution in [3.05, 3.63) is 46.2 Å². The van der Waals surface area contributed by atoms with E-state index in [0.29, 0.717) is 4.90 Å². The van der Waals surface area contributed by atoms with Gasteiger partial charge in [0.2, 0.25) is 0 Å². The predicted molar refractivity (Wildman–Crippen MR) is 62.8 cm³/mol. The van der Waals surface area contributed by atoms with Crippen LogP contribution in [0.25, 0.3) is 0 Å². The van der Waals surface area contributed by atoms with Gasteiger partial charge >= 0.3 is 0 Å². The molecule has 0 aliphatic heterocycles. The molecule has 0 aliphatic carbocycles. The van der Waals surface area contributed by atoms with Crippen molar-refractivity contribution in [1.29, 1.82) is 0 Å². The third-order valence-electron chi connectivity index (χ3n) is 1.88. The zero-order valence-corrected chi connectivity index (χ0v) is 9.87. The molecule has 1 aromatic carbocycles. The van der Waals surface area contributed by atoms with E-state index < -0.39 is 0 Å². The Kier molecular flexibility index (Phi) is 3.38. The van der Waals surface area contributed by atoms with Crippen LogP contribution in [-0.4, -0.2) is 4.98 Å². The van der Waals surface area contributed by atoms with Gasteiger partial charge in [0.05, 0.1) is 10.7 Å². The number of aromatic nitrogens is 1. The number of nitrogens with zero attached hydrogens (tertiary/aromatic N) is 1. The smallest absolute Gasteiger partial charge is 0.136 e. The molecule has 0 radical (unpaired) electrons. The molecule has 2 aromatic rings. The van der Waals surface area contributed by atoms with Crippen molar-refractivity contribution in [2.24, 2.45) is 0 Å². The second kappa shape index (κ2) is 4.77. The van der Waals surface area contributed by atoms with Gasteiger partial charge in [0.1, 0.15) is 5.82 Å². The van der Waals surface area contributed by atoms with Gasteiger partial charge in [-0.15, -0.1) is 23.1 Å². The van der Waals surface area contributed by atoms with Gasteiger partial charge in [-0.05, 0) is 19.1 Å². The minimum absolute atomic E-state index is 0.158. The average Bonchev–Trinajstić information content (AvgIpc) is 2.63. The molecule has 0 bridgehead atoms. The summed E-state index contributed by atoms with van der Waals surface area (Å²) in [4.78, 5) is 5.01. The van der Waals surface area contributed by atoms with Crippen LogP contribution in [0.4, 0.5) is 4.39 Å². The Morgan fingerprint density at radius 1 is 1.40 bits per heavy atom. The second-order valence-corrected chi connectivity index (χ2v) is 5.16. The molecule has 1 nitrogen and oxygen atoms in total. The van der Waals surface area contributed by atoms with E-state index in [1.807, 2.05) is 18.4 Å². The monoisotopic (exact) mass is 239 g/mol. The van der Waals surface area contributed by atoms with E-state index in [9.17, 15) is 4.39 Å². The molecule has 0 atom stereocenters. The zero-order chi connectivity index (χ0) is 10.7. The Balaban J connectivity index is 2.02. The first-order valence-corrected chi connectivity index (χ1v) is 6.40. The van der Waals surface area contributed by atoms with Crippen molar-refractivity contribution in [3.63, 3.8) is 0 Å². The van der Waals surface area contributed by atoms with Gasteiger partial charge in [-0.25, -0.2) is 9.37 Å². The standard InChI is InChI=1S/C11H10FNS2/c1-8-13-9(6-14-8)7-15-11-5-3-2-4-10(11)12/h2-6H,7H2,1H3. The predicted octanol–water partition coefficient (Wildman–Crippen LogP) is 3.88. The minimum atomic E-state index is -0.158. The van der Waals surface area contributed by atoms with E-state index in [1.165, 1.54) is 17.8 Å². The molecule has 0 saturated heterocycles. The van der Waals surface area contributed by atoms with Gasteiger partial charge in [-0.2, -0.15) is 0 Å². The number of thioether (sulfide) groups is 1. The Hall–Kier alpha value is -0.870. The summed E-state index contributed by atoms with van der Waals surface area (Å²) in [5.41, 5.74) is 1.02. The highest BCUT2D eigenvalue weighted by Crippen LogP contribution is 2.25. The molecule has 0 fully saturated rings. The number of benzene rings is 1. The fourth-order valence-electron chi connectivity index (χ4n) is 1.19. The number of rotatable bonds is 3. The van der Waals surface area contributed by atoms with Gasteiger partial charge in [0, 0.05) is 16.0 Å². The van der Waals surface area contributed by atoms with Crippen molar-refractivity contribution in [3.8, 4) is 0 Å². The number of halogens is 1. The first-order valence-electron chi connectivity index (χ1n) is 4.54. The summed E-state index contributed by atoms with van der Waals surface area (Å²) in [6, 6.07) is 6.82. The number of aryl methyl sites for hydroxylation is 1. The van der Waals surface area contributed by atoms with Crippen LogP contribution in [0.3, 0.4) is 0 Å². The molecule has 0 N–H and O–H groups in total. The lowest BCUT2D eigenvalue weighted by Crippen LogP contribution is -1.83. The third kappa shape index (κ3) is 2.79. The fourth-order valence-corrected chi connectivity index (χ4v) is 2.74. The minimum Gasteiger partial charge on any atom is -0.246 e. The quantitative estimate of drug-likeness (QED) is 0.754. The molecule has 0 saturated carbocycles. The normalized spacial score (nSPS) is 10.5. The molecule has 0 unspecified atom stereocenters. The van der Waals surface area contributed by atoms with E-state index in [1.54, 1.807) is 23.5 Å². The van der Waals surface area contributed by atoms with Crippen LogP contribution in [-0.2, 0) is 5.75 Å². The lowest BCUT2D eigenvalue weighted by molar-refractivity contribution is 0.602. The topological polar surface area (TPSA) is 12.9 Å². The maximum atomic E-state index is 13.3. The lowest BCUT2D eigenvalue weighted by Gasteiger charge is -2.00. The number of hydrogen-bond acceptors (Lipinski definition) is 3. The summed E-state index contributed by atoms with van der Waals surface area (Å²) in [5.74, 6) is 0.570. The first-order chi connectivity index (χ1) is 7.25. The summed E-state index contributed by atoms with van der Waals surface area (Å²) < 4.78 is 13.3. The van der Waals surface area contributed by atoms with Crippen molar-refractivity contribution < 1.29 is 4.39 Å². The molecule has 78 valence electrons. The van der Waals surface area contributed by atoms with E-state index in [2.05, 4.69) is 4.98 Å². The molecule has 1 aromatic heterocycles. The van der Waals surface area contributed by atoms with Crippen LogP contribution in [0.5, 0.6) is 0 Å². The largest absolute Gasteiger partial charge is 0.246 e. The van der Waals surface area contributed by atoms with Crippen LogP contribution in [0.1, 0.15) is 10.7 Å². The summed E-state index contributed by atoms with van der Waals surface area (Å²) >= 11 is 3.11. The molecular weight excluding hydrogens is 229 g/mol. The molecule has 15 heavy (non-hydrogen) atoms. The van der Waals surface area contributed by atoms with Crippen LogP contribution in [0, 0.1) is 12.7 Å². The maximum absolute atomic E-state index is 13.3. The highest BCUT2D eigenvalue weighted by atomic mass is 32.2. The van der Waals surface area contributed by atoms with Gasteiger partial charge < -0.3 is 0 Å². The Labute approximate surface area is 96.4 Å². The summed E-state index contributed by atoms with van der Waals surface area (Å²) in [6.45, 7) is 1.97. The number of hydrogen-bond donors (Lipinski definition) is 0. The van der Waals surface area contributed by atoms with E-state index >= 15 is 0 Å². The molecule has 2 rings (SSSR count). The van der Waals surface area contributed by atoms with Crippen molar-refractivity contribution in [2.45, 2.75) is 17.6 Å². The molecule has 0 spiro atoms. The van der Waals surface area contributed by atoms with E-state index in [4.69, 9.17) is 0 Å². The van der Waals surface area contributed by atoms with Gasteiger partial charge in [-0.1, -0.05) is 12.1 Å². The molecule has 0 aliphatic rings. The average molecular weight is 239 g/mol. The van der Waals surface area contributed by atoms with Crippen molar-refractivity contribution in [1.82, 2.24) is 4.98 Å². The Morgan fingerprint density at radius 2 is 2.20 bits per heavy atom. The highest BCUT2D eigenvalue weighted by molar-refractivity contribution is 7.98. The summed E-state index contributed by atoms with van der Waals surface area (Å²) in [6.07, 6.45) is 0. The van der Waals surface area contributed by atoms with E-state index in [0.717, 1.165) is 16.5 Å². The zero-order valence-electron chi connectivity index (χ0n) is 8.24. The third-order valence-corrected chi connectivity index (χ3v) is 3.78. The van der Waals surface area contributed by atoms with Crippen LogP contribution in [0.15, 0.2) is 34.5 Å². The van der Waals surface area contributed by atoms with E-state index in [-0.39, 0.29) is 5.82 Å². The number of thiazole rings is 1. The van der Waals surface area contributed by atoms with Crippen LogP contribution in [0.2, 0.25) is 0 Å². The first kappa shape index (κ1) is 10.6.